The maximum absolute atomic E-state index is 5.80. The lowest BCUT2D eigenvalue weighted by Crippen LogP contribution is -2.34. The summed E-state index contributed by atoms with van der Waals surface area (Å²) < 4.78 is 8.03. The van der Waals surface area contributed by atoms with Crippen molar-refractivity contribution in [3.63, 3.8) is 0 Å². The molecule has 20 heavy (non-hydrogen) atoms. The minimum absolute atomic E-state index is 0.142. The van der Waals surface area contributed by atoms with Crippen molar-refractivity contribution in [3.8, 4) is 0 Å². The summed E-state index contributed by atoms with van der Waals surface area (Å²) in [6.07, 6.45) is 6.21. The average Bonchev–Trinajstić information content (AvgIpc) is 2.98. The van der Waals surface area contributed by atoms with E-state index in [4.69, 9.17) is 4.74 Å². The molecule has 0 saturated carbocycles. The third-order valence-corrected chi connectivity index (χ3v) is 3.71. The van der Waals surface area contributed by atoms with Crippen LogP contribution in [-0.2, 0) is 17.7 Å². The van der Waals surface area contributed by atoms with Crippen LogP contribution in [0.5, 0.6) is 0 Å². The zero-order chi connectivity index (χ0) is 13.6. The molecule has 106 valence electrons. The maximum Gasteiger partial charge on any atom is 0.111 e. The van der Waals surface area contributed by atoms with E-state index in [0.29, 0.717) is 0 Å². The van der Waals surface area contributed by atoms with Crippen LogP contribution in [0.2, 0.25) is 0 Å². The molecule has 0 amide bonds. The second-order valence-electron chi connectivity index (χ2n) is 5.16. The Kier molecular flexibility index (Phi) is 4.46. The lowest BCUT2D eigenvalue weighted by atomic mass is 10.1. The summed E-state index contributed by atoms with van der Waals surface area (Å²) in [5.41, 5.74) is 2.58. The van der Waals surface area contributed by atoms with Crippen LogP contribution in [0.1, 0.15) is 23.8 Å². The van der Waals surface area contributed by atoms with Crippen molar-refractivity contribution in [2.24, 2.45) is 0 Å². The van der Waals surface area contributed by atoms with E-state index in [1.807, 2.05) is 12.5 Å². The molecule has 0 bridgehead atoms. The highest BCUT2D eigenvalue weighted by molar-refractivity contribution is 5.14. The van der Waals surface area contributed by atoms with Crippen LogP contribution in [0.15, 0.2) is 42.9 Å². The number of ether oxygens (including phenoxy) is 1. The molecule has 1 fully saturated rings. The minimum atomic E-state index is 0.142. The van der Waals surface area contributed by atoms with Crippen LogP contribution >= 0.6 is 0 Å². The van der Waals surface area contributed by atoms with E-state index in [-0.39, 0.29) is 6.10 Å². The molecular formula is C16H21N3O. The van der Waals surface area contributed by atoms with Crippen molar-refractivity contribution in [1.29, 1.82) is 0 Å². The Morgan fingerprint density at radius 2 is 2.20 bits per heavy atom. The van der Waals surface area contributed by atoms with Gasteiger partial charge in [0, 0.05) is 19.6 Å². The minimum Gasteiger partial charge on any atom is -0.369 e. The number of hydrogen-bond acceptors (Lipinski definition) is 3. The molecule has 0 spiro atoms. The summed E-state index contributed by atoms with van der Waals surface area (Å²) in [4.78, 5) is 4.28. The molecule has 3 rings (SSSR count). The van der Waals surface area contributed by atoms with Crippen molar-refractivity contribution < 1.29 is 4.74 Å². The Morgan fingerprint density at radius 1 is 1.30 bits per heavy atom. The first-order chi connectivity index (χ1) is 9.93. The van der Waals surface area contributed by atoms with Crippen molar-refractivity contribution >= 4 is 0 Å². The molecule has 1 N–H and O–H groups in total. The summed E-state index contributed by atoms with van der Waals surface area (Å²) in [6, 6.07) is 10.6. The van der Waals surface area contributed by atoms with Gasteiger partial charge in [0.05, 0.1) is 24.8 Å². The number of imidazole rings is 1. The predicted octanol–water partition coefficient (Wildman–Crippen LogP) is 2.18. The first-order valence-electron chi connectivity index (χ1n) is 7.30. The largest absolute Gasteiger partial charge is 0.369 e. The van der Waals surface area contributed by atoms with Gasteiger partial charge in [-0.2, -0.15) is 0 Å². The first kappa shape index (κ1) is 13.3. The third-order valence-electron chi connectivity index (χ3n) is 3.71. The average molecular weight is 271 g/mol. The Labute approximate surface area is 119 Å². The molecule has 2 heterocycles. The van der Waals surface area contributed by atoms with E-state index >= 15 is 0 Å². The monoisotopic (exact) mass is 271 g/mol. The van der Waals surface area contributed by atoms with Gasteiger partial charge in [0.25, 0.3) is 0 Å². The number of morpholine rings is 1. The summed E-state index contributed by atoms with van der Waals surface area (Å²) in [6.45, 7) is 3.59. The van der Waals surface area contributed by atoms with Gasteiger partial charge >= 0.3 is 0 Å². The number of hydrogen-bond donors (Lipinski definition) is 1. The predicted molar refractivity (Wildman–Crippen MR) is 78.6 cm³/mol. The van der Waals surface area contributed by atoms with E-state index in [1.165, 1.54) is 11.3 Å². The molecule has 1 aliphatic rings. The fourth-order valence-corrected chi connectivity index (χ4v) is 2.64. The number of nitrogens with zero attached hydrogens (tertiary/aromatic N) is 2. The van der Waals surface area contributed by atoms with Crippen LogP contribution in [0.3, 0.4) is 0 Å². The highest BCUT2D eigenvalue weighted by atomic mass is 16.5. The number of rotatable bonds is 5. The molecule has 1 unspecified atom stereocenters. The van der Waals surface area contributed by atoms with Gasteiger partial charge in [-0.1, -0.05) is 30.3 Å². The van der Waals surface area contributed by atoms with Crippen LogP contribution < -0.4 is 5.32 Å². The molecule has 2 aromatic rings. The molecule has 1 atom stereocenters. The summed E-state index contributed by atoms with van der Waals surface area (Å²) in [5, 5.41) is 3.37. The van der Waals surface area contributed by atoms with Gasteiger partial charge in [-0.25, -0.2) is 4.98 Å². The Bertz CT molecular complexity index is 518. The summed E-state index contributed by atoms with van der Waals surface area (Å²) in [5.74, 6) is 0. The Hall–Kier alpha value is -1.65. The third kappa shape index (κ3) is 3.26. The quantitative estimate of drug-likeness (QED) is 0.906. The Morgan fingerprint density at radius 3 is 3.00 bits per heavy atom. The molecule has 1 aromatic carbocycles. The highest BCUT2D eigenvalue weighted by Crippen LogP contribution is 2.18. The van der Waals surface area contributed by atoms with E-state index in [1.54, 1.807) is 0 Å². The second kappa shape index (κ2) is 6.68. The van der Waals surface area contributed by atoms with Crippen LogP contribution in [0.25, 0.3) is 0 Å². The molecule has 1 saturated heterocycles. The topological polar surface area (TPSA) is 39.1 Å². The molecule has 1 aromatic heterocycles. The molecule has 0 radical (unpaired) electrons. The van der Waals surface area contributed by atoms with Gasteiger partial charge in [0.1, 0.15) is 6.10 Å². The van der Waals surface area contributed by atoms with Gasteiger partial charge in [0.15, 0.2) is 0 Å². The number of aromatic nitrogens is 2. The highest BCUT2D eigenvalue weighted by Gasteiger charge is 2.19. The smallest absolute Gasteiger partial charge is 0.111 e. The zero-order valence-electron chi connectivity index (χ0n) is 11.7. The SMILES string of the molecule is c1ccc(CCCn2cncc2C2CNCCO2)cc1. The zero-order valence-corrected chi connectivity index (χ0v) is 11.7. The number of nitrogens with one attached hydrogen (secondary N) is 1. The number of benzene rings is 1. The first-order valence-corrected chi connectivity index (χ1v) is 7.30. The van der Waals surface area contributed by atoms with Crippen LogP contribution in [-0.4, -0.2) is 29.2 Å². The molecule has 4 nitrogen and oxygen atoms in total. The number of aryl methyl sites for hydroxylation is 2. The molecule has 4 heteroatoms. The fourth-order valence-electron chi connectivity index (χ4n) is 2.64. The standard InChI is InChI=1S/C16H21N3O/c1-2-5-14(6-3-1)7-4-9-19-13-18-11-15(19)16-12-17-8-10-20-16/h1-3,5-6,11,13,16-17H,4,7-10,12H2. The molecule has 0 aliphatic carbocycles. The summed E-state index contributed by atoms with van der Waals surface area (Å²) >= 11 is 0. The van der Waals surface area contributed by atoms with Crippen molar-refractivity contribution in [1.82, 2.24) is 14.9 Å². The van der Waals surface area contributed by atoms with E-state index in [9.17, 15) is 0 Å². The molecule has 1 aliphatic heterocycles. The summed E-state index contributed by atoms with van der Waals surface area (Å²) in [7, 11) is 0. The van der Waals surface area contributed by atoms with Crippen LogP contribution in [0.4, 0.5) is 0 Å². The normalized spacial score (nSPS) is 19.1. The van der Waals surface area contributed by atoms with Crippen molar-refractivity contribution in [3.05, 3.63) is 54.1 Å². The van der Waals surface area contributed by atoms with Gasteiger partial charge in [0.2, 0.25) is 0 Å². The molecular weight excluding hydrogens is 250 g/mol. The second-order valence-corrected chi connectivity index (χ2v) is 5.16. The Balaban J connectivity index is 1.56. The maximum atomic E-state index is 5.80. The van der Waals surface area contributed by atoms with Gasteiger partial charge in [-0.3, -0.25) is 0 Å². The van der Waals surface area contributed by atoms with E-state index in [2.05, 4.69) is 45.2 Å². The lowest BCUT2D eigenvalue weighted by molar-refractivity contribution is 0.0227. The van der Waals surface area contributed by atoms with E-state index in [0.717, 1.165) is 39.1 Å². The van der Waals surface area contributed by atoms with Crippen LogP contribution in [0, 0.1) is 0 Å². The van der Waals surface area contributed by atoms with E-state index < -0.39 is 0 Å². The lowest BCUT2D eigenvalue weighted by Gasteiger charge is -2.24. The van der Waals surface area contributed by atoms with Gasteiger partial charge < -0.3 is 14.6 Å². The van der Waals surface area contributed by atoms with Crippen molar-refractivity contribution in [2.75, 3.05) is 19.7 Å². The van der Waals surface area contributed by atoms with Gasteiger partial charge in [-0.15, -0.1) is 0 Å². The van der Waals surface area contributed by atoms with Crippen molar-refractivity contribution in [2.45, 2.75) is 25.5 Å². The van der Waals surface area contributed by atoms with Gasteiger partial charge in [-0.05, 0) is 18.4 Å². The fraction of sp³-hybridized carbons (Fsp3) is 0.438.